The highest BCUT2D eigenvalue weighted by molar-refractivity contribution is 6.30. The number of aromatic amines is 1. The lowest BCUT2D eigenvalue weighted by atomic mass is 10.1. The van der Waals surface area contributed by atoms with Crippen LogP contribution in [0.4, 0.5) is 11.5 Å². The maximum atomic E-state index is 12.4. The molecule has 0 atom stereocenters. The van der Waals surface area contributed by atoms with Crippen molar-refractivity contribution in [2.75, 3.05) is 42.9 Å². The van der Waals surface area contributed by atoms with Crippen LogP contribution in [-0.4, -0.2) is 64.6 Å². The highest BCUT2D eigenvalue weighted by Gasteiger charge is 2.21. The van der Waals surface area contributed by atoms with Crippen LogP contribution in [0, 0.1) is 0 Å². The number of nitrogens with zero attached hydrogens (tertiary/aromatic N) is 4. The van der Waals surface area contributed by atoms with Gasteiger partial charge >= 0.3 is 0 Å². The first-order chi connectivity index (χ1) is 22.0. The van der Waals surface area contributed by atoms with E-state index in [1.54, 1.807) is 11.8 Å². The van der Waals surface area contributed by atoms with Crippen LogP contribution in [0.3, 0.4) is 0 Å². The number of hydrogen-bond donors (Lipinski definition) is 2. The molecule has 0 saturated carbocycles. The van der Waals surface area contributed by atoms with Crippen molar-refractivity contribution in [3.63, 3.8) is 0 Å². The summed E-state index contributed by atoms with van der Waals surface area (Å²) in [5.41, 5.74) is 4.81. The lowest BCUT2D eigenvalue weighted by Gasteiger charge is -2.31. The van der Waals surface area contributed by atoms with Crippen LogP contribution < -0.4 is 10.2 Å². The first-order valence-corrected chi connectivity index (χ1v) is 16.0. The lowest BCUT2D eigenvalue weighted by Crippen LogP contribution is -2.38. The normalized spacial score (nSPS) is 14.1. The van der Waals surface area contributed by atoms with E-state index in [-0.39, 0.29) is 12.0 Å². The fourth-order valence-electron chi connectivity index (χ4n) is 5.84. The minimum atomic E-state index is -0.00571. The molecule has 0 spiro atoms. The molecule has 5 aromatic rings. The smallest absolute Gasteiger partial charge is 0.223 e. The number of carbonyl (C=O) groups excluding carboxylic acids is 1. The van der Waals surface area contributed by atoms with Crippen molar-refractivity contribution in [3.8, 4) is 11.4 Å². The number of anilines is 2. The van der Waals surface area contributed by atoms with Crippen molar-refractivity contribution >= 4 is 40.0 Å². The predicted molar refractivity (Wildman–Crippen MR) is 182 cm³/mol. The van der Waals surface area contributed by atoms with Gasteiger partial charge in [-0.05, 0) is 55.2 Å². The first kappa shape index (κ1) is 30.8. The molecule has 9 heteroatoms. The third-order valence-electron chi connectivity index (χ3n) is 8.27. The number of para-hydroxylation sites is 1. The molecule has 1 aliphatic rings. The molecule has 1 aliphatic heterocycles. The molecular weight excluding hydrogens is 584 g/mol. The van der Waals surface area contributed by atoms with Gasteiger partial charge in [-0.1, -0.05) is 72.3 Å². The zero-order valence-electron chi connectivity index (χ0n) is 25.6. The van der Waals surface area contributed by atoms with Crippen molar-refractivity contribution in [1.82, 2.24) is 19.9 Å². The molecule has 1 fully saturated rings. The van der Waals surface area contributed by atoms with Crippen LogP contribution in [0.1, 0.15) is 31.0 Å². The zero-order valence-corrected chi connectivity index (χ0v) is 26.3. The van der Waals surface area contributed by atoms with Gasteiger partial charge in [-0.2, -0.15) is 0 Å². The zero-order chi connectivity index (χ0) is 31.0. The summed E-state index contributed by atoms with van der Waals surface area (Å²) in [6.07, 6.45) is 3.24. The van der Waals surface area contributed by atoms with Gasteiger partial charge in [0.2, 0.25) is 5.91 Å². The Morgan fingerprint density at radius 3 is 2.49 bits per heavy atom. The van der Waals surface area contributed by atoms with Gasteiger partial charge in [0.15, 0.2) is 5.82 Å². The van der Waals surface area contributed by atoms with Gasteiger partial charge in [-0.25, -0.2) is 9.97 Å². The van der Waals surface area contributed by atoms with E-state index in [4.69, 9.17) is 26.3 Å². The Balaban J connectivity index is 1.10. The second kappa shape index (κ2) is 14.7. The number of ether oxygens (including phenoxy) is 1. The summed E-state index contributed by atoms with van der Waals surface area (Å²) in [6.45, 7) is 6.19. The molecule has 2 aromatic heterocycles. The van der Waals surface area contributed by atoms with Gasteiger partial charge in [0.05, 0.1) is 18.1 Å². The summed E-state index contributed by atoms with van der Waals surface area (Å²) in [5.74, 6) is 1.36. The van der Waals surface area contributed by atoms with E-state index in [1.807, 2.05) is 72.8 Å². The Morgan fingerprint density at radius 2 is 1.76 bits per heavy atom. The lowest BCUT2D eigenvalue weighted by molar-refractivity contribution is -0.116. The molecule has 8 nitrogen and oxygen atoms in total. The van der Waals surface area contributed by atoms with E-state index in [2.05, 4.69) is 33.4 Å². The van der Waals surface area contributed by atoms with E-state index in [1.165, 1.54) is 5.56 Å². The van der Waals surface area contributed by atoms with E-state index >= 15 is 0 Å². The Kier molecular flexibility index (Phi) is 10.0. The summed E-state index contributed by atoms with van der Waals surface area (Å²) in [4.78, 5) is 29.9. The molecule has 3 aromatic carbocycles. The molecule has 0 unspecified atom stereocenters. The van der Waals surface area contributed by atoms with Crippen LogP contribution in [0.25, 0.3) is 22.4 Å². The number of likely N-dealkylation sites (tertiary alicyclic amines) is 1. The van der Waals surface area contributed by atoms with Crippen LogP contribution >= 0.6 is 11.6 Å². The molecule has 0 bridgehead atoms. The largest absolute Gasteiger partial charge is 0.372 e. The molecule has 232 valence electrons. The number of H-pyrrole nitrogens is 1. The number of carbonyl (C=O) groups is 1. The SMILES string of the molecule is CC(=O)N(CCNc1nc(-c2ccccc2)nc2[nH]c(COC3CCN(CCc4cccc(Cl)c4)CC3)cc12)c1ccccc1. The third kappa shape index (κ3) is 8.08. The molecule has 6 rings (SSSR count). The summed E-state index contributed by atoms with van der Waals surface area (Å²) in [6, 6.07) is 29.9. The Bertz CT molecular complexity index is 1700. The third-order valence-corrected chi connectivity index (χ3v) is 8.50. The standard InChI is InChI=1S/C36H39ClN6O2/c1-26(44)43(31-13-6-3-7-14-31)22-18-38-35-33-24-30(39-36(33)41-34(40-35)28-10-4-2-5-11-28)25-45-32-16-20-42(21-17-32)19-15-27-9-8-12-29(37)23-27/h2-14,23-24,32H,15-22,25H2,1H3,(H2,38,39,40,41). The minimum Gasteiger partial charge on any atom is -0.372 e. The number of benzene rings is 3. The van der Waals surface area contributed by atoms with Crippen LogP contribution in [0.5, 0.6) is 0 Å². The minimum absolute atomic E-state index is 0.00571. The molecule has 1 saturated heterocycles. The second-order valence-corrected chi connectivity index (χ2v) is 11.9. The number of amides is 1. The van der Waals surface area contributed by atoms with Gasteiger partial charge < -0.3 is 24.8 Å². The van der Waals surface area contributed by atoms with Crippen LogP contribution in [-0.2, 0) is 22.6 Å². The quantitative estimate of drug-likeness (QED) is 0.156. The van der Waals surface area contributed by atoms with Crippen LogP contribution in [0.15, 0.2) is 91.0 Å². The Hall–Kier alpha value is -4.24. The topological polar surface area (TPSA) is 86.4 Å². The van der Waals surface area contributed by atoms with Crippen molar-refractivity contribution in [3.05, 3.63) is 107 Å². The number of aromatic nitrogens is 3. The average Bonchev–Trinajstić information content (AvgIpc) is 3.49. The van der Waals surface area contributed by atoms with E-state index in [0.29, 0.717) is 25.5 Å². The fraction of sp³-hybridized carbons (Fsp3) is 0.306. The monoisotopic (exact) mass is 622 g/mol. The molecule has 0 radical (unpaired) electrons. The molecule has 2 N–H and O–H groups in total. The second-order valence-electron chi connectivity index (χ2n) is 11.5. The van der Waals surface area contributed by atoms with Gasteiger partial charge in [0, 0.05) is 61.6 Å². The van der Waals surface area contributed by atoms with Crippen molar-refractivity contribution < 1.29 is 9.53 Å². The maximum absolute atomic E-state index is 12.4. The van der Waals surface area contributed by atoms with Crippen molar-refractivity contribution in [2.45, 2.75) is 38.9 Å². The van der Waals surface area contributed by atoms with Crippen LogP contribution in [0.2, 0.25) is 5.02 Å². The van der Waals surface area contributed by atoms with Gasteiger partial charge in [-0.15, -0.1) is 0 Å². The number of hydrogen-bond acceptors (Lipinski definition) is 6. The van der Waals surface area contributed by atoms with Crippen molar-refractivity contribution in [1.29, 1.82) is 0 Å². The summed E-state index contributed by atoms with van der Waals surface area (Å²) < 4.78 is 6.38. The summed E-state index contributed by atoms with van der Waals surface area (Å²) >= 11 is 6.15. The van der Waals surface area contributed by atoms with Crippen molar-refractivity contribution in [2.24, 2.45) is 0 Å². The number of rotatable bonds is 12. The number of fused-ring (bicyclic) bond motifs is 1. The Labute approximate surface area is 269 Å². The molecule has 0 aliphatic carbocycles. The number of halogens is 1. The van der Waals surface area contributed by atoms with Gasteiger partial charge in [0.25, 0.3) is 0 Å². The van der Waals surface area contributed by atoms with Gasteiger partial charge in [0.1, 0.15) is 11.5 Å². The molecule has 45 heavy (non-hydrogen) atoms. The Morgan fingerprint density at radius 1 is 1.00 bits per heavy atom. The summed E-state index contributed by atoms with van der Waals surface area (Å²) in [5, 5.41) is 5.18. The van der Waals surface area contributed by atoms with E-state index in [9.17, 15) is 4.79 Å². The highest BCUT2D eigenvalue weighted by Crippen LogP contribution is 2.27. The summed E-state index contributed by atoms with van der Waals surface area (Å²) in [7, 11) is 0. The highest BCUT2D eigenvalue weighted by atomic mass is 35.5. The van der Waals surface area contributed by atoms with E-state index < -0.39 is 0 Å². The average molecular weight is 623 g/mol. The predicted octanol–water partition coefficient (Wildman–Crippen LogP) is 6.97. The molecule has 1 amide bonds. The molecular formula is C36H39ClN6O2. The number of piperidine rings is 1. The van der Waals surface area contributed by atoms with Gasteiger partial charge in [-0.3, -0.25) is 4.79 Å². The fourth-order valence-corrected chi connectivity index (χ4v) is 6.05. The number of nitrogens with one attached hydrogen (secondary N) is 2. The maximum Gasteiger partial charge on any atom is 0.223 e. The van der Waals surface area contributed by atoms with E-state index in [0.717, 1.165) is 77.7 Å². The molecule has 3 heterocycles. The first-order valence-electron chi connectivity index (χ1n) is 15.6.